The summed E-state index contributed by atoms with van der Waals surface area (Å²) in [5.74, 6) is -0.0889. The van der Waals surface area contributed by atoms with Crippen LogP contribution < -0.4 is 9.50 Å². The summed E-state index contributed by atoms with van der Waals surface area (Å²) in [7, 11) is -3.94. The third-order valence-electron chi connectivity index (χ3n) is 3.15. The Labute approximate surface area is 152 Å². The van der Waals surface area contributed by atoms with E-state index in [-0.39, 0.29) is 16.4 Å². The normalized spacial score (nSPS) is 11.1. The Bertz CT molecular complexity index is 982. The van der Waals surface area contributed by atoms with Gasteiger partial charge in [-0.15, -0.1) is 0 Å². The van der Waals surface area contributed by atoms with Crippen LogP contribution in [0, 0.1) is 0 Å². The summed E-state index contributed by atoms with van der Waals surface area (Å²) in [5, 5.41) is 2.63. The molecule has 0 radical (unpaired) electrons. The van der Waals surface area contributed by atoms with E-state index in [4.69, 9.17) is 8.60 Å². The highest BCUT2D eigenvalue weighted by molar-refractivity contribution is 9.10. The lowest BCUT2D eigenvalue weighted by Gasteiger charge is -2.08. The van der Waals surface area contributed by atoms with Crippen molar-refractivity contribution in [1.82, 2.24) is 0 Å². The Morgan fingerprint density at radius 2 is 1.80 bits per heavy atom. The van der Waals surface area contributed by atoms with Crippen LogP contribution in [0.5, 0.6) is 5.75 Å². The molecule has 25 heavy (non-hydrogen) atoms. The van der Waals surface area contributed by atoms with E-state index in [1.54, 1.807) is 18.2 Å². The van der Waals surface area contributed by atoms with Crippen LogP contribution in [0.2, 0.25) is 0 Å². The Morgan fingerprint density at radius 3 is 2.44 bits per heavy atom. The van der Waals surface area contributed by atoms with Crippen LogP contribution in [0.4, 0.5) is 5.69 Å². The van der Waals surface area contributed by atoms with Gasteiger partial charge in [0, 0.05) is 10.2 Å². The van der Waals surface area contributed by atoms with E-state index in [9.17, 15) is 13.2 Å². The van der Waals surface area contributed by atoms with Crippen LogP contribution in [0.15, 0.2) is 80.7 Å². The minimum Gasteiger partial charge on any atom is -0.459 e. The molecule has 1 heterocycles. The number of furan rings is 1. The molecule has 0 aliphatic carbocycles. The largest absolute Gasteiger partial charge is 0.459 e. The van der Waals surface area contributed by atoms with Gasteiger partial charge >= 0.3 is 10.1 Å². The van der Waals surface area contributed by atoms with E-state index in [2.05, 4.69) is 21.2 Å². The second kappa shape index (κ2) is 7.12. The molecule has 0 unspecified atom stereocenters. The summed E-state index contributed by atoms with van der Waals surface area (Å²) in [5.41, 5.74) is 0.480. The Balaban J connectivity index is 1.71. The molecular formula is C17H12BrNO5S. The van der Waals surface area contributed by atoms with Gasteiger partial charge in [0.05, 0.1) is 6.26 Å². The van der Waals surface area contributed by atoms with Gasteiger partial charge in [0.2, 0.25) is 0 Å². The number of carbonyl (C=O) groups is 1. The van der Waals surface area contributed by atoms with E-state index in [1.807, 2.05) is 0 Å². The molecule has 0 saturated heterocycles. The second-order valence-corrected chi connectivity index (χ2v) is 7.41. The highest BCUT2D eigenvalue weighted by Gasteiger charge is 2.17. The number of hydrogen-bond donors (Lipinski definition) is 1. The first kappa shape index (κ1) is 17.2. The molecule has 0 spiro atoms. The summed E-state index contributed by atoms with van der Waals surface area (Å²) in [6.45, 7) is 0. The quantitative estimate of drug-likeness (QED) is 0.627. The standard InChI is InChI=1S/C17H12BrNO5S/c18-12-3-1-4-15(11-12)25(21,22)24-14-8-6-13(7-9-14)19-17(20)16-5-2-10-23-16/h1-11H,(H,19,20). The average Bonchev–Trinajstić information content (AvgIpc) is 3.11. The third kappa shape index (κ3) is 4.28. The first-order valence-electron chi connectivity index (χ1n) is 7.09. The summed E-state index contributed by atoms with van der Waals surface area (Å²) >= 11 is 3.22. The third-order valence-corrected chi connectivity index (χ3v) is 4.88. The van der Waals surface area contributed by atoms with Crippen LogP contribution in [0.1, 0.15) is 10.6 Å². The highest BCUT2D eigenvalue weighted by Crippen LogP contribution is 2.23. The van der Waals surface area contributed by atoms with Crippen molar-refractivity contribution < 1.29 is 21.8 Å². The Hall–Kier alpha value is -2.58. The van der Waals surface area contributed by atoms with Gasteiger partial charge in [0.15, 0.2) is 5.76 Å². The van der Waals surface area contributed by atoms with Crippen molar-refractivity contribution in [3.63, 3.8) is 0 Å². The summed E-state index contributed by atoms with van der Waals surface area (Å²) in [4.78, 5) is 11.9. The fourth-order valence-corrected chi connectivity index (χ4v) is 3.52. The minimum absolute atomic E-state index is 0.0390. The molecule has 0 atom stereocenters. The maximum Gasteiger partial charge on any atom is 0.339 e. The van der Waals surface area contributed by atoms with Gasteiger partial charge < -0.3 is 13.9 Å². The predicted molar refractivity (Wildman–Crippen MR) is 95.1 cm³/mol. The van der Waals surface area contributed by atoms with E-state index >= 15 is 0 Å². The van der Waals surface area contributed by atoms with Gasteiger partial charge in [0.25, 0.3) is 5.91 Å². The van der Waals surface area contributed by atoms with E-state index in [1.165, 1.54) is 48.7 Å². The molecule has 3 rings (SSSR count). The number of carbonyl (C=O) groups excluding carboxylic acids is 1. The number of nitrogens with one attached hydrogen (secondary N) is 1. The molecule has 0 aliphatic heterocycles. The van der Waals surface area contributed by atoms with Crippen molar-refractivity contribution in [1.29, 1.82) is 0 Å². The zero-order valence-electron chi connectivity index (χ0n) is 12.7. The molecule has 0 fully saturated rings. The zero-order chi connectivity index (χ0) is 17.9. The van der Waals surface area contributed by atoms with Crippen molar-refractivity contribution in [2.24, 2.45) is 0 Å². The second-order valence-electron chi connectivity index (χ2n) is 4.95. The lowest BCUT2D eigenvalue weighted by molar-refractivity contribution is 0.0996. The number of anilines is 1. The Kier molecular flexibility index (Phi) is 4.91. The van der Waals surface area contributed by atoms with Gasteiger partial charge in [-0.3, -0.25) is 4.79 Å². The van der Waals surface area contributed by atoms with E-state index in [0.29, 0.717) is 10.2 Å². The van der Waals surface area contributed by atoms with Crippen molar-refractivity contribution in [2.75, 3.05) is 5.32 Å². The van der Waals surface area contributed by atoms with Crippen LogP contribution >= 0.6 is 15.9 Å². The molecule has 128 valence electrons. The maximum absolute atomic E-state index is 12.2. The minimum atomic E-state index is -3.94. The van der Waals surface area contributed by atoms with E-state index in [0.717, 1.165) is 0 Å². The van der Waals surface area contributed by atoms with E-state index < -0.39 is 16.0 Å². The number of amides is 1. The fourth-order valence-electron chi connectivity index (χ4n) is 1.99. The molecule has 8 heteroatoms. The highest BCUT2D eigenvalue weighted by atomic mass is 79.9. The van der Waals surface area contributed by atoms with Crippen LogP contribution in [0.3, 0.4) is 0 Å². The van der Waals surface area contributed by atoms with Gasteiger partial charge in [-0.25, -0.2) is 0 Å². The maximum atomic E-state index is 12.2. The molecule has 0 aliphatic rings. The molecule has 3 aromatic rings. The lowest BCUT2D eigenvalue weighted by atomic mass is 10.3. The summed E-state index contributed by atoms with van der Waals surface area (Å²) < 4.78 is 35.2. The molecule has 0 saturated carbocycles. The van der Waals surface area contributed by atoms with Crippen molar-refractivity contribution in [3.05, 3.63) is 77.2 Å². The molecule has 1 N–H and O–H groups in total. The molecule has 1 amide bonds. The first-order chi connectivity index (χ1) is 11.9. The summed E-state index contributed by atoms with van der Waals surface area (Å²) in [6, 6.07) is 15.3. The van der Waals surface area contributed by atoms with Gasteiger partial charge in [-0.1, -0.05) is 22.0 Å². The molecule has 6 nitrogen and oxygen atoms in total. The zero-order valence-corrected chi connectivity index (χ0v) is 15.1. The number of benzene rings is 2. The monoisotopic (exact) mass is 421 g/mol. The van der Waals surface area contributed by atoms with Gasteiger partial charge in [-0.05, 0) is 54.6 Å². The average molecular weight is 422 g/mol. The molecule has 0 bridgehead atoms. The van der Waals surface area contributed by atoms with Gasteiger partial charge in [-0.2, -0.15) is 8.42 Å². The van der Waals surface area contributed by atoms with Crippen LogP contribution in [-0.2, 0) is 10.1 Å². The van der Waals surface area contributed by atoms with Crippen LogP contribution in [-0.4, -0.2) is 14.3 Å². The number of halogens is 1. The topological polar surface area (TPSA) is 85.6 Å². The number of rotatable bonds is 5. The van der Waals surface area contributed by atoms with Crippen molar-refractivity contribution in [3.8, 4) is 5.75 Å². The first-order valence-corrected chi connectivity index (χ1v) is 9.29. The van der Waals surface area contributed by atoms with Crippen molar-refractivity contribution in [2.45, 2.75) is 4.90 Å². The van der Waals surface area contributed by atoms with Gasteiger partial charge in [0.1, 0.15) is 10.6 Å². The smallest absolute Gasteiger partial charge is 0.339 e. The SMILES string of the molecule is O=C(Nc1ccc(OS(=O)(=O)c2cccc(Br)c2)cc1)c1ccco1. The van der Waals surface area contributed by atoms with Crippen LogP contribution in [0.25, 0.3) is 0 Å². The lowest BCUT2D eigenvalue weighted by Crippen LogP contribution is -2.11. The molecular weight excluding hydrogens is 410 g/mol. The Morgan fingerprint density at radius 1 is 1.04 bits per heavy atom. The molecule has 2 aromatic carbocycles. The fraction of sp³-hybridized carbons (Fsp3) is 0. The van der Waals surface area contributed by atoms with Crippen molar-refractivity contribution >= 4 is 37.6 Å². The number of hydrogen-bond acceptors (Lipinski definition) is 5. The molecule has 1 aromatic heterocycles. The summed E-state index contributed by atoms with van der Waals surface area (Å²) in [6.07, 6.45) is 1.40. The predicted octanol–water partition coefficient (Wildman–Crippen LogP) is 4.06.